The Morgan fingerprint density at radius 1 is 1.14 bits per heavy atom. The smallest absolute Gasteiger partial charge is 0.422 e. The van der Waals surface area contributed by atoms with Crippen molar-refractivity contribution in [2.75, 3.05) is 20.8 Å². The summed E-state index contributed by atoms with van der Waals surface area (Å²) in [6.07, 6.45) is -3.00. The van der Waals surface area contributed by atoms with E-state index >= 15 is 0 Å². The van der Waals surface area contributed by atoms with E-state index in [9.17, 15) is 13.2 Å². The zero-order chi connectivity index (χ0) is 20.6. The van der Waals surface area contributed by atoms with E-state index in [0.29, 0.717) is 24.6 Å². The van der Waals surface area contributed by atoms with Crippen LogP contribution in [-0.4, -0.2) is 37.9 Å². The predicted octanol–water partition coefficient (Wildman–Crippen LogP) is 3.82. The monoisotopic (exact) mass is 524 g/mol. The molecule has 2 aromatic rings. The first kappa shape index (κ1) is 24.8. The van der Waals surface area contributed by atoms with Crippen LogP contribution in [0, 0.1) is 6.92 Å². The van der Waals surface area contributed by atoms with Gasteiger partial charge < -0.3 is 20.1 Å². The summed E-state index contributed by atoms with van der Waals surface area (Å²) in [6.45, 7) is 1.45. The fraction of sp³-hybridized carbons (Fsp3) is 0.368. The van der Waals surface area contributed by atoms with Crippen molar-refractivity contribution in [2.24, 2.45) is 4.99 Å². The number of hydrogen-bond donors (Lipinski definition) is 2. The van der Waals surface area contributed by atoms with Crippen LogP contribution in [0.15, 0.2) is 41.5 Å². The van der Waals surface area contributed by atoms with Gasteiger partial charge in [0.1, 0.15) is 5.75 Å². The number of guanidine groups is 1. The Kier molecular flexibility index (Phi) is 9.99. The van der Waals surface area contributed by atoms with Gasteiger partial charge in [-0.25, -0.2) is 4.98 Å². The maximum Gasteiger partial charge on any atom is 0.422 e. The number of aryl methyl sites for hydroxylation is 1. The van der Waals surface area contributed by atoms with Crippen LogP contribution < -0.4 is 20.1 Å². The zero-order valence-electron chi connectivity index (χ0n) is 16.3. The molecular weight excluding hydrogens is 500 g/mol. The second kappa shape index (κ2) is 11.7. The number of halogens is 4. The van der Waals surface area contributed by atoms with Gasteiger partial charge in [-0.05, 0) is 30.2 Å². The van der Waals surface area contributed by atoms with E-state index < -0.39 is 12.8 Å². The van der Waals surface area contributed by atoms with Crippen LogP contribution in [-0.2, 0) is 13.1 Å². The Bertz CT molecular complexity index is 816. The van der Waals surface area contributed by atoms with Crippen molar-refractivity contribution in [1.29, 1.82) is 0 Å². The maximum atomic E-state index is 12.2. The van der Waals surface area contributed by atoms with Crippen LogP contribution in [0.4, 0.5) is 13.2 Å². The summed E-state index contributed by atoms with van der Waals surface area (Å²) >= 11 is 0. The normalized spacial score (nSPS) is 11.4. The Balaban J connectivity index is 0.00000420. The standard InChI is InChI=1S/C19H23F3N4O2.HI/c1-13-4-5-15(16(8-13)27-3)11-26-18(23-2)25-10-14-6-7-24-17(9-14)28-12-19(20,21)22;/h4-9H,10-12H2,1-3H3,(H2,23,25,26);1H. The second-order valence-electron chi connectivity index (χ2n) is 6.00. The van der Waals surface area contributed by atoms with Crippen molar-refractivity contribution in [1.82, 2.24) is 15.6 Å². The molecule has 2 rings (SSSR count). The lowest BCUT2D eigenvalue weighted by molar-refractivity contribution is -0.154. The third-order valence-corrected chi connectivity index (χ3v) is 3.76. The summed E-state index contributed by atoms with van der Waals surface area (Å²) in [5.41, 5.74) is 2.79. The van der Waals surface area contributed by atoms with Crippen LogP contribution in [0.2, 0.25) is 0 Å². The number of methoxy groups -OCH3 is 1. The Hall–Kier alpha value is -2.24. The minimum atomic E-state index is -4.40. The minimum absolute atomic E-state index is 0. The van der Waals surface area contributed by atoms with E-state index in [1.807, 2.05) is 25.1 Å². The lowest BCUT2D eigenvalue weighted by Crippen LogP contribution is -2.36. The highest BCUT2D eigenvalue weighted by molar-refractivity contribution is 14.0. The van der Waals surface area contributed by atoms with E-state index in [4.69, 9.17) is 4.74 Å². The molecule has 0 aliphatic heterocycles. The van der Waals surface area contributed by atoms with Crippen molar-refractivity contribution in [3.63, 3.8) is 0 Å². The molecule has 0 aliphatic rings. The Labute approximate surface area is 184 Å². The average Bonchev–Trinajstić information content (AvgIpc) is 2.67. The van der Waals surface area contributed by atoms with Gasteiger partial charge in [-0.2, -0.15) is 13.2 Å². The number of ether oxygens (including phenoxy) is 2. The lowest BCUT2D eigenvalue weighted by atomic mass is 10.1. The molecule has 1 aromatic carbocycles. The first-order valence-corrected chi connectivity index (χ1v) is 8.53. The number of nitrogens with one attached hydrogen (secondary N) is 2. The molecule has 0 radical (unpaired) electrons. The quantitative estimate of drug-likeness (QED) is 0.328. The molecule has 2 N–H and O–H groups in total. The van der Waals surface area contributed by atoms with Gasteiger partial charge in [0, 0.05) is 38.0 Å². The Morgan fingerprint density at radius 3 is 2.52 bits per heavy atom. The number of pyridine rings is 1. The molecule has 1 heterocycles. The Morgan fingerprint density at radius 2 is 1.86 bits per heavy atom. The molecule has 29 heavy (non-hydrogen) atoms. The van der Waals surface area contributed by atoms with Crippen LogP contribution in [0.25, 0.3) is 0 Å². The van der Waals surface area contributed by atoms with Gasteiger partial charge in [0.15, 0.2) is 12.6 Å². The largest absolute Gasteiger partial charge is 0.496 e. The summed E-state index contributed by atoms with van der Waals surface area (Å²) in [7, 11) is 3.25. The van der Waals surface area contributed by atoms with Crippen LogP contribution >= 0.6 is 24.0 Å². The molecule has 0 saturated heterocycles. The molecular formula is C19H24F3IN4O2. The summed E-state index contributed by atoms with van der Waals surface area (Å²) in [5, 5.41) is 6.27. The van der Waals surface area contributed by atoms with Crippen molar-refractivity contribution >= 4 is 29.9 Å². The molecule has 0 saturated carbocycles. The number of hydrogen-bond acceptors (Lipinski definition) is 4. The SMILES string of the molecule is CN=C(NCc1ccnc(OCC(F)(F)F)c1)NCc1ccc(C)cc1OC.I. The van der Waals surface area contributed by atoms with Crippen molar-refractivity contribution in [2.45, 2.75) is 26.2 Å². The molecule has 6 nitrogen and oxygen atoms in total. The molecule has 10 heteroatoms. The molecule has 0 aliphatic carbocycles. The maximum absolute atomic E-state index is 12.2. The van der Waals surface area contributed by atoms with E-state index in [1.54, 1.807) is 20.2 Å². The van der Waals surface area contributed by atoms with E-state index in [1.165, 1.54) is 12.3 Å². The molecule has 1 aromatic heterocycles. The van der Waals surface area contributed by atoms with Gasteiger partial charge >= 0.3 is 6.18 Å². The van der Waals surface area contributed by atoms with Crippen molar-refractivity contribution in [3.05, 3.63) is 53.2 Å². The molecule has 0 bridgehead atoms. The van der Waals surface area contributed by atoms with Gasteiger partial charge in [-0.1, -0.05) is 12.1 Å². The minimum Gasteiger partial charge on any atom is -0.496 e. The molecule has 160 valence electrons. The highest BCUT2D eigenvalue weighted by atomic mass is 127. The summed E-state index contributed by atoms with van der Waals surface area (Å²) in [5.74, 6) is 1.24. The van der Waals surface area contributed by atoms with Gasteiger partial charge in [-0.15, -0.1) is 24.0 Å². The first-order valence-electron chi connectivity index (χ1n) is 8.53. The molecule has 0 atom stereocenters. The van der Waals surface area contributed by atoms with Crippen molar-refractivity contribution in [3.8, 4) is 11.6 Å². The summed E-state index contributed by atoms with van der Waals surface area (Å²) in [6, 6.07) is 9.06. The number of aromatic nitrogens is 1. The van der Waals surface area contributed by atoms with Crippen molar-refractivity contribution < 1.29 is 22.6 Å². The fourth-order valence-electron chi connectivity index (χ4n) is 2.38. The molecule has 0 unspecified atom stereocenters. The van der Waals surface area contributed by atoms with Gasteiger partial charge in [0.25, 0.3) is 0 Å². The average molecular weight is 524 g/mol. The van der Waals surface area contributed by atoms with Crippen LogP contribution in [0.5, 0.6) is 11.6 Å². The van der Waals surface area contributed by atoms with Crippen LogP contribution in [0.1, 0.15) is 16.7 Å². The number of rotatable bonds is 7. The summed E-state index contributed by atoms with van der Waals surface area (Å²) in [4.78, 5) is 7.92. The van der Waals surface area contributed by atoms with Crippen LogP contribution in [0.3, 0.4) is 0 Å². The van der Waals surface area contributed by atoms with Gasteiger partial charge in [-0.3, -0.25) is 4.99 Å². The number of aliphatic imine (C=N–C) groups is 1. The fourth-order valence-corrected chi connectivity index (χ4v) is 2.38. The molecule has 0 fully saturated rings. The highest BCUT2D eigenvalue weighted by Gasteiger charge is 2.28. The number of alkyl halides is 3. The van der Waals surface area contributed by atoms with E-state index in [0.717, 1.165) is 16.9 Å². The van der Waals surface area contributed by atoms with Gasteiger partial charge in [0.05, 0.1) is 7.11 Å². The highest BCUT2D eigenvalue weighted by Crippen LogP contribution is 2.20. The second-order valence-corrected chi connectivity index (χ2v) is 6.00. The lowest BCUT2D eigenvalue weighted by Gasteiger charge is -2.14. The van der Waals surface area contributed by atoms with Gasteiger partial charge in [0.2, 0.25) is 5.88 Å². The third kappa shape index (κ3) is 8.75. The predicted molar refractivity (Wildman–Crippen MR) is 116 cm³/mol. The van der Waals surface area contributed by atoms with E-state index in [-0.39, 0.29) is 29.9 Å². The molecule has 0 amide bonds. The summed E-state index contributed by atoms with van der Waals surface area (Å²) < 4.78 is 46.8. The third-order valence-electron chi connectivity index (χ3n) is 3.76. The number of nitrogens with zero attached hydrogens (tertiary/aromatic N) is 2. The number of benzene rings is 1. The molecule has 0 spiro atoms. The first-order chi connectivity index (χ1) is 13.3. The zero-order valence-corrected chi connectivity index (χ0v) is 18.7. The topological polar surface area (TPSA) is 67.8 Å². The van der Waals surface area contributed by atoms with E-state index in [2.05, 4.69) is 25.3 Å².